The van der Waals surface area contributed by atoms with Gasteiger partial charge in [0, 0.05) is 27.6 Å². The number of aryl methyl sites for hydroxylation is 1. The molecule has 0 heterocycles. The molecule has 0 saturated carbocycles. The van der Waals surface area contributed by atoms with Crippen LogP contribution in [0.5, 0.6) is 0 Å². The van der Waals surface area contributed by atoms with Gasteiger partial charge in [-0.15, -0.1) is 0 Å². The number of hydrogen-bond acceptors (Lipinski definition) is 2. The molecule has 0 saturated heterocycles. The second-order valence-electron chi connectivity index (χ2n) is 6.40. The summed E-state index contributed by atoms with van der Waals surface area (Å²) in [6, 6.07) is 20.1. The van der Waals surface area contributed by atoms with Crippen LogP contribution < -0.4 is 5.73 Å². The highest BCUT2D eigenvalue weighted by Gasteiger charge is 2.27. The van der Waals surface area contributed by atoms with E-state index in [0.29, 0.717) is 0 Å². The average Bonchev–Trinajstić information content (AvgIpc) is 2.91. The van der Waals surface area contributed by atoms with Gasteiger partial charge in [-0.3, -0.25) is 4.79 Å². The fourth-order valence-corrected chi connectivity index (χ4v) is 3.94. The maximum atomic E-state index is 12.8. The molecule has 0 atom stereocenters. The number of benzene rings is 4. The zero-order valence-corrected chi connectivity index (χ0v) is 13.3. The van der Waals surface area contributed by atoms with Crippen molar-refractivity contribution in [2.45, 2.75) is 6.92 Å². The molecule has 114 valence electrons. The fourth-order valence-electron chi connectivity index (χ4n) is 3.94. The zero-order chi connectivity index (χ0) is 16.4. The maximum Gasteiger partial charge on any atom is 0.194 e. The van der Waals surface area contributed by atoms with E-state index < -0.39 is 0 Å². The van der Waals surface area contributed by atoms with Crippen LogP contribution >= 0.6 is 0 Å². The minimum atomic E-state index is 0.105. The third-order valence-electron chi connectivity index (χ3n) is 5.18. The lowest BCUT2D eigenvalue weighted by Crippen LogP contribution is -1.97. The van der Waals surface area contributed by atoms with Crippen LogP contribution in [0.4, 0.5) is 5.69 Å². The first kappa shape index (κ1) is 13.3. The molecule has 5 rings (SSSR count). The van der Waals surface area contributed by atoms with Gasteiger partial charge in [0.25, 0.3) is 0 Å². The van der Waals surface area contributed by atoms with Crippen LogP contribution in [-0.2, 0) is 0 Å². The first-order chi connectivity index (χ1) is 11.7. The number of nitrogens with two attached hydrogens (primary N) is 1. The van der Waals surface area contributed by atoms with E-state index in [1.54, 1.807) is 0 Å². The van der Waals surface area contributed by atoms with Crippen molar-refractivity contribution in [2.75, 3.05) is 5.73 Å². The molecule has 0 fully saturated rings. The van der Waals surface area contributed by atoms with E-state index in [1.807, 2.05) is 42.5 Å². The van der Waals surface area contributed by atoms with Crippen LogP contribution in [0.15, 0.2) is 60.7 Å². The molecular weight excluding hydrogens is 294 g/mol. The minimum absolute atomic E-state index is 0.105. The quantitative estimate of drug-likeness (QED) is 0.319. The number of hydrogen-bond donors (Lipinski definition) is 1. The predicted octanol–water partition coefficient (Wildman–Crippen LogP) is 5.10. The van der Waals surface area contributed by atoms with Gasteiger partial charge in [0.2, 0.25) is 0 Å². The Kier molecular flexibility index (Phi) is 2.47. The number of rotatable bonds is 0. The first-order valence-corrected chi connectivity index (χ1v) is 8.05. The van der Waals surface area contributed by atoms with Crippen molar-refractivity contribution in [3.63, 3.8) is 0 Å². The number of carbonyl (C=O) groups excluding carboxylic acids is 1. The van der Waals surface area contributed by atoms with E-state index in [0.717, 1.165) is 49.5 Å². The van der Waals surface area contributed by atoms with Gasteiger partial charge in [-0.2, -0.15) is 0 Å². The largest absolute Gasteiger partial charge is 0.398 e. The van der Waals surface area contributed by atoms with Crippen molar-refractivity contribution in [3.8, 4) is 11.1 Å². The molecule has 2 nitrogen and oxygen atoms in total. The van der Waals surface area contributed by atoms with Crippen LogP contribution in [0.2, 0.25) is 0 Å². The second-order valence-corrected chi connectivity index (χ2v) is 6.40. The van der Waals surface area contributed by atoms with E-state index in [9.17, 15) is 4.79 Å². The third kappa shape index (κ3) is 1.52. The smallest absolute Gasteiger partial charge is 0.194 e. The number of ketones is 1. The summed E-state index contributed by atoms with van der Waals surface area (Å²) in [4.78, 5) is 12.8. The Morgan fingerprint density at radius 2 is 1.29 bits per heavy atom. The number of fused-ring (bicyclic) bond motifs is 5. The van der Waals surface area contributed by atoms with Gasteiger partial charge < -0.3 is 5.73 Å². The summed E-state index contributed by atoms with van der Waals surface area (Å²) in [7, 11) is 0. The molecule has 0 radical (unpaired) electrons. The van der Waals surface area contributed by atoms with Crippen LogP contribution in [0.25, 0.3) is 32.7 Å². The normalized spacial score (nSPS) is 12.6. The Hall–Kier alpha value is -3.13. The summed E-state index contributed by atoms with van der Waals surface area (Å²) < 4.78 is 0. The molecule has 1 aliphatic carbocycles. The van der Waals surface area contributed by atoms with Crippen molar-refractivity contribution in [2.24, 2.45) is 0 Å². The fraction of sp³-hybridized carbons (Fsp3) is 0.0455. The SMILES string of the molecule is Cc1c2ccccc2c(N)c2cc3c(cc12)C(=O)c1ccccc1-3. The summed E-state index contributed by atoms with van der Waals surface area (Å²) >= 11 is 0. The van der Waals surface area contributed by atoms with Gasteiger partial charge in [0.1, 0.15) is 0 Å². The van der Waals surface area contributed by atoms with Crippen molar-refractivity contribution in [1.29, 1.82) is 0 Å². The highest BCUT2D eigenvalue weighted by atomic mass is 16.1. The predicted molar refractivity (Wildman–Crippen MR) is 99.5 cm³/mol. The molecule has 24 heavy (non-hydrogen) atoms. The highest BCUT2D eigenvalue weighted by Crippen LogP contribution is 2.42. The van der Waals surface area contributed by atoms with Crippen LogP contribution in [0, 0.1) is 6.92 Å². The Morgan fingerprint density at radius 3 is 2.08 bits per heavy atom. The Labute approximate surface area is 139 Å². The number of anilines is 1. The van der Waals surface area contributed by atoms with Crippen molar-refractivity contribution in [3.05, 3.63) is 77.4 Å². The summed E-state index contributed by atoms with van der Waals surface area (Å²) in [5.41, 5.74) is 12.0. The molecule has 1 aliphatic rings. The molecule has 4 aromatic rings. The topological polar surface area (TPSA) is 43.1 Å². The van der Waals surface area contributed by atoms with Crippen LogP contribution in [-0.4, -0.2) is 5.78 Å². The van der Waals surface area contributed by atoms with Crippen molar-refractivity contribution >= 4 is 33.0 Å². The lowest BCUT2D eigenvalue weighted by Gasteiger charge is -2.13. The third-order valence-corrected chi connectivity index (χ3v) is 5.18. The lowest BCUT2D eigenvalue weighted by molar-refractivity contribution is 0.104. The first-order valence-electron chi connectivity index (χ1n) is 8.05. The van der Waals surface area contributed by atoms with Gasteiger partial charge in [-0.1, -0.05) is 48.5 Å². The maximum absolute atomic E-state index is 12.8. The monoisotopic (exact) mass is 309 g/mol. The lowest BCUT2D eigenvalue weighted by atomic mass is 9.92. The Morgan fingerprint density at radius 1 is 0.667 bits per heavy atom. The van der Waals surface area contributed by atoms with E-state index in [1.165, 1.54) is 5.56 Å². The molecule has 0 amide bonds. The summed E-state index contributed by atoms with van der Waals surface area (Å²) in [5, 5.41) is 4.30. The molecule has 0 spiro atoms. The summed E-state index contributed by atoms with van der Waals surface area (Å²) in [6.07, 6.45) is 0. The van der Waals surface area contributed by atoms with E-state index in [2.05, 4.69) is 25.1 Å². The Balaban J connectivity index is 1.98. The zero-order valence-electron chi connectivity index (χ0n) is 13.3. The summed E-state index contributed by atoms with van der Waals surface area (Å²) in [6.45, 7) is 2.10. The van der Waals surface area contributed by atoms with Crippen LogP contribution in [0.3, 0.4) is 0 Å². The van der Waals surface area contributed by atoms with E-state index >= 15 is 0 Å². The molecule has 4 aromatic carbocycles. The molecule has 2 N–H and O–H groups in total. The Bertz CT molecular complexity index is 1190. The average molecular weight is 309 g/mol. The van der Waals surface area contributed by atoms with Crippen molar-refractivity contribution in [1.82, 2.24) is 0 Å². The van der Waals surface area contributed by atoms with Gasteiger partial charge in [0.15, 0.2) is 5.78 Å². The molecular formula is C22H15NO. The molecule has 0 aromatic heterocycles. The van der Waals surface area contributed by atoms with Gasteiger partial charge in [0.05, 0.1) is 0 Å². The molecule has 0 unspecified atom stereocenters. The minimum Gasteiger partial charge on any atom is -0.398 e. The summed E-state index contributed by atoms with van der Waals surface area (Å²) in [5.74, 6) is 0.105. The van der Waals surface area contributed by atoms with Crippen molar-refractivity contribution < 1.29 is 4.79 Å². The van der Waals surface area contributed by atoms with Gasteiger partial charge in [-0.25, -0.2) is 0 Å². The standard InChI is InChI=1S/C22H15NO/c1-12-13-6-2-4-8-15(13)21(23)19-11-18-14-7-3-5-9-16(14)22(24)20(18)10-17(12)19/h2-11H,23H2,1H3. The number of nitrogen functional groups attached to an aromatic ring is 1. The highest BCUT2D eigenvalue weighted by molar-refractivity contribution is 6.25. The molecule has 2 heteroatoms. The molecule has 0 bridgehead atoms. The van der Waals surface area contributed by atoms with Gasteiger partial charge in [-0.05, 0) is 46.5 Å². The molecule has 0 aliphatic heterocycles. The van der Waals surface area contributed by atoms with Gasteiger partial charge >= 0.3 is 0 Å². The second kappa shape index (κ2) is 4.45. The van der Waals surface area contributed by atoms with E-state index in [4.69, 9.17) is 5.73 Å². The number of carbonyl (C=O) groups is 1. The van der Waals surface area contributed by atoms with E-state index in [-0.39, 0.29) is 5.78 Å². The van der Waals surface area contributed by atoms with Crippen LogP contribution in [0.1, 0.15) is 21.5 Å².